The molecule has 2 amide bonds. The van der Waals surface area contributed by atoms with Gasteiger partial charge in [0.2, 0.25) is 11.8 Å². The van der Waals surface area contributed by atoms with E-state index in [4.69, 9.17) is 22.1 Å². The van der Waals surface area contributed by atoms with Crippen LogP contribution in [0, 0.1) is 5.82 Å². The van der Waals surface area contributed by atoms with E-state index in [0.29, 0.717) is 27.0 Å². The molecular weight excluding hydrogens is 429 g/mol. The summed E-state index contributed by atoms with van der Waals surface area (Å²) < 4.78 is 19.2. The summed E-state index contributed by atoms with van der Waals surface area (Å²) >= 11 is 7.21. The molecule has 0 aliphatic heterocycles. The first-order valence-corrected chi connectivity index (χ1v) is 10.2. The van der Waals surface area contributed by atoms with Gasteiger partial charge in [0.05, 0.1) is 12.1 Å². The highest BCUT2D eigenvalue weighted by atomic mass is 35.5. The summed E-state index contributed by atoms with van der Waals surface area (Å²) in [5, 5.41) is 3.08. The molecule has 0 aliphatic carbocycles. The number of halogens is 2. The van der Waals surface area contributed by atoms with Crippen molar-refractivity contribution in [2.24, 2.45) is 5.73 Å². The van der Waals surface area contributed by atoms with Gasteiger partial charge in [-0.1, -0.05) is 23.7 Å². The van der Waals surface area contributed by atoms with Crippen molar-refractivity contribution in [1.82, 2.24) is 9.88 Å². The summed E-state index contributed by atoms with van der Waals surface area (Å²) in [6.45, 7) is 0.254. The average molecular weight is 448 g/mol. The zero-order chi connectivity index (χ0) is 21.7. The summed E-state index contributed by atoms with van der Waals surface area (Å²) in [4.78, 5) is 30.2. The largest absolute Gasteiger partial charge is 0.486 e. The van der Waals surface area contributed by atoms with Gasteiger partial charge in [-0.25, -0.2) is 9.37 Å². The smallest absolute Gasteiger partial charge is 0.244 e. The van der Waals surface area contributed by atoms with Crippen molar-refractivity contribution in [3.8, 4) is 5.75 Å². The minimum absolute atomic E-state index is 0.0208. The molecule has 1 aromatic heterocycles. The van der Waals surface area contributed by atoms with Crippen LogP contribution in [-0.2, 0) is 22.6 Å². The molecule has 0 radical (unpaired) electrons. The predicted octanol–water partition coefficient (Wildman–Crippen LogP) is 3.74. The molecule has 1 atom stereocenters. The fourth-order valence-electron chi connectivity index (χ4n) is 2.85. The number of aromatic nitrogens is 1. The molecule has 0 aliphatic rings. The molecule has 0 saturated carbocycles. The molecule has 3 rings (SSSR count). The van der Waals surface area contributed by atoms with E-state index in [0.717, 1.165) is 0 Å². The van der Waals surface area contributed by atoms with Crippen LogP contribution < -0.4 is 10.5 Å². The van der Waals surface area contributed by atoms with Crippen LogP contribution in [0.25, 0.3) is 0 Å². The number of thiazole rings is 1. The van der Waals surface area contributed by atoms with Gasteiger partial charge < -0.3 is 15.4 Å². The van der Waals surface area contributed by atoms with E-state index in [9.17, 15) is 14.0 Å². The number of hydrogen-bond donors (Lipinski definition) is 1. The first-order chi connectivity index (χ1) is 14.3. The molecule has 156 valence electrons. The lowest BCUT2D eigenvalue weighted by molar-refractivity contribution is -0.137. The van der Waals surface area contributed by atoms with Crippen molar-refractivity contribution >= 4 is 34.8 Å². The summed E-state index contributed by atoms with van der Waals surface area (Å²) in [5.41, 5.74) is 6.33. The van der Waals surface area contributed by atoms with E-state index in [1.807, 2.05) is 0 Å². The lowest BCUT2D eigenvalue weighted by atomic mass is 10.0. The van der Waals surface area contributed by atoms with Crippen LogP contribution in [-0.4, -0.2) is 28.7 Å². The molecular formula is C21H19ClFN3O3S. The van der Waals surface area contributed by atoms with Gasteiger partial charge in [-0.2, -0.15) is 0 Å². The number of benzene rings is 2. The van der Waals surface area contributed by atoms with Gasteiger partial charge in [0.25, 0.3) is 0 Å². The molecule has 0 saturated heterocycles. The number of amides is 2. The van der Waals surface area contributed by atoms with Crippen molar-refractivity contribution in [1.29, 1.82) is 0 Å². The zero-order valence-corrected chi connectivity index (χ0v) is 17.6. The van der Waals surface area contributed by atoms with E-state index in [2.05, 4.69) is 4.98 Å². The minimum Gasteiger partial charge on any atom is -0.486 e. The van der Waals surface area contributed by atoms with Crippen LogP contribution in [0.15, 0.2) is 53.9 Å². The molecule has 1 heterocycles. The molecule has 0 spiro atoms. The maximum Gasteiger partial charge on any atom is 0.244 e. The van der Waals surface area contributed by atoms with Crippen molar-refractivity contribution < 1.29 is 18.7 Å². The van der Waals surface area contributed by atoms with Crippen LogP contribution in [0.5, 0.6) is 5.75 Å². The zero-order valence-electron chi connectivity index (χ0n) is 16.0. The second-order valence-electron chi connectivity index (χ2n) is 6.52. The van der Waals surface area contributed by atoms with Gasteiger partial charge >= 0.3 is 0 Å². The summed E-state index contributed by atoms with van der Waals surface area (Å²) in [7, 11) is 1.46. The highest BCUT2D eigenvalue weighted by Gasteiger charge is 2.27. The normalized spacial score (nSPS) is 11.7. The van der Waals surface area contributed by atoms with Crippen LogP contribution >= 0.6 is 22.9 Å². The van der Waals surface area contributed by atoms with Crippen LogP contribution in [0.4, 0.5) is 4.39 Å². The van der Waals surface area contributed by atoms with E-state index in [1.165, 1.54) is 41.5 Å². The molecule has 1 unspecified atom stereocenters. The number of carbonyl (C=O) groups is 2. The van der Waals surface area contributed by atoms with Gasteiger partial charge in [-0.05, 0) is 42.0 Å². The van der Waals surface area contributed by atoms with Gasteiger partial charge in [-0.3, -0.25) is 9.59 Å². The van der Waals surface area contributed by atoms with Crippen LogP contribution in [0.1, 0.15) is 22.3 Å². The van der Waals surface area contributed by atoms with Crippen LogP contribution in [0.2, 0.25) is 5.02 Å². The molecule has 3 aromatic rings. The number of ether oxygens (including phenoxy) is 1. The van der Waals surface area contributed by atoms with Gasteiger partial charge in [0, 0.05) is 17.5 Å². The maximum atomic E-state index is 13.5. The Morgan fingerprint density at radius 1 is 1.27 bits per heavy atom. The monoisotopic (exact) mass is 447 g/mol. The Bertz CT molecular complexity index is 1040. The number of primary amides is 1. The molecule has 9 heteroatoms. The third kappa shape index (κ3) is 5.55. The number of hydrogen-bond acceptors (Lipinski definition) is 5. The van der Waals surface area contributed by atoms with Gasteiger partial charge in [0.1, 0.15) is 29.2 Å². The molecule has 6 nitrogen and oxygen atoms in total. The quantitative estimate of drug-likeness (QED) is 0.570. The van der Waals surface area contributed by atoms with E-state index < -0.39 is 17.8 Å². The van der Waals surface area contributed by atoms with Crippen molar-refractivity contribution in [3.63, 3.8) is 0 Å². The summed E-state index contributed by atoms with van der Waals surface area (Å²) in [6.07, 6.45) is -0.0208. The maximum absolute atomic E-state index is 13.5. The lowest BCUT2D eigenvalue weighted by Gasteiger charge is -2.26. The Morgan fingerprint density at radius 2 is 2.00 bits per heavy atom. The first kappa shape index (κ1) is 21.7. The second kappa shape index (κ2) is 9.69. The number of nitrogens with two attached hydrogens (primary N) is 1. The Balaban J connectivity index is 1.63. The number of carbonyl (C=O) groups excluding carboxylic acids is 2. The highest BCUT2D eigenvalue weighted by molar-refractivity contribution is 7.09. The predicted molar refractivity (Wildman–Crippen MR) is 113 cm³/mol. The summed E-state index contributed by atoms with van der Waals surface area (Å²) in [5.74, 6) is -0.957. The van der Waals surface area contributed by atoms with Crippen molar-refractivity contribution in [3.05, 3.63) is 81.0 Å². The van der Waals surface area contributed by atoms with E-state index >= 15 is 0 Å². The standard InChI is InChI=1S/C21H19ClFN3O3S/c1-26(20(21(24)28)13-3-2-4-15(23)9-13)19(27)10-16-12-30-18(25-16)11-29-17-7-5-14(22)6-8-17/h2-9,12,20H,10-11H2,1H3,(H2,24,28). The first-order valence-electron chi connectivity index (χ1n) is 8.95. The highest BCUT2D eigenvalue weighted by Crippen LogP contribution is 2.22. The lowest BCUT2D eigenvalue weighted by Crippen LogP contribution is -2.40. The minimum atomic E-state index is -1.07. The Kier molecular flexibility index (Phi) is 7.02. The third-order valence-corrected chi connectivity index (χ3v) is 5.45. The van der Waals surface area contributed by atoms with Crippen LogP contribution in [0.3, 0.4) is 0 Å². The third-order valence-electron chi connectivity index (χ3n) is 4.32. The van der Waals surface area contributed by atoms with E-state index in [-0.39, 0.29) is 18.9 Å². The summed E-state index contributed by atoms with van der Waals surface area (Å²) in [6, 6.07) is 11.4. The second-order valence-corrected chi connectivity index (χ2v) is 7.90. The fourth-order valence-corrected chi connectivity index (χ4v) is 3.68. The number of rotatable bonds is 8. The SMILES string of the molecule is CN(C(=O)Cc1csc(COc2ccc(Cl)cc2)n1)C(C(N)=O)c1cccc(F)c1. The average Bonchev–Trinajstić information content (AvgIpc) is 3.14. The topological polar surface area (TPSA) is 85.5 Å². The number of likely N-dealkylation sites (N-methyl/N-ethyl adjacent to an activating group) is 1. The Hall–Kier alpha value is -2.97. The Morgan fingerprint density at radius 3 is 2.67 bits per heavy atom. The van der Waals surface area contributed by atoms with Gasteiger partial charge in [-0.15, -0.1) is 11.3 Å². The molecule has 2 aromatic carbocycles. The molecule has 0 bridgehead atoms. The number of nitrogens with zero attached hydrogens (tertiary/aromatic N) is 2. The van der Waals surface area contributed by atoms with E-state index in [1.54, 1.807) is 35.7 Å². The fraction of sp³-hybridized carbons (Fsp3) is 0.190. The van der Waals surface area contributed by atoms with Crippen molar-refractivity contribution in [2.45, 2.75) is 19.1 Å². The Labute approximate surface area is 182 Å². The molecule has 0 fully saturated rings. The molecule has 2 N–H and O–H groups in total. The van der Waals surface area contributed by atoms with Crippen molar-refractivity contribution in [2.75, 3.05) is 7.05 Å². The van der Waals surface area contributed by atoms with Gasteiger partial charge in [0.15, 0.2) is 0 Å². The molecule has 30 heavy (non-hydrogen) atoms.